The monoisotopic (exact) mass is 725 g/mol. The second-order valence-corrected chi connectivity index (χ2v) is 12.9. The molecule has 3 aromatic heterocycles. The van der Waals surface area contributed by atoms with E-state index in [2.05, 4.69) is 25.9 Å². The zero-order chi connectivity index (χ0) is 35.6. The van der Waals surface area contributed by atoms with Crippen LogP contribution in [0.15, 0.2) is 82.8 Å². The standard InChI is InChI=1S/C37H33Cl2N7O5/c1-50-35-21(16-40-17-22-10-12-31(47)43-22)9-11-28(45-35)26-8-4-7-25(33(26)39)24-6-3-5-23(32(24)38)20-13-14-46-30(15-20)41-18-27(36(46)48)34-42-19-29(44-34)37(49)51-2/h3-9,11,13-15,18,22,29,40H,10,12,16-17,19H2,1-2H3,(H,42,44)(H,43,47)/t22-,29+/m0/s1. The molecule has 2 aliphatic rings. The molecule has 51 heavy (non-hydrogen) atoms. The summed E-state index contributed by atoms with van der Waals surface area (Å²) in [6.45, 7) is 1.43. The Hall–Kier alpha value is -5.30. The maximum atomic E-state index is 13.4. The molecule has 1 saturated heterocycles. The number of aliphatic imine (C=N–C) groups is 1. The smallest absolute Gasteiger partial charge is 0.332 e. The van der Waals surface area contributed by atoms with E-state index in [1.807, 2.05) is 48.5 Å². The molecule has 260 valence electrons. The van der Waals surface area contributed by atoms with Crippen molar-refractivity contribution in [3.8, 4) is 39.4 Å². The zero-order valence-corrected chi connectivity index (χ0v) is 29.2. The number of hydrogen-bond acceptors (Lipinski definition) is 10. The van der Waals surface area contributed by atoms with Crippen LogP contribution >= 0.6 is 23.2 Å². The fourth-order valence-corrected chi connectivity index (χ4v) is 6.99. The molecular weight excluding hydrogens is 693 g/mol. The van der Waals surface area contributed by atoms with Crippen LogP contribution in [0.5, 0.6) is 5.88 Å². The number of nitrogens with zero attached hydrogens (tertiary/aromatic N) is 4. The second-order valence-electron chi connectivity index (χ2n) is 12.2. The van der Waals surface area contributed by atoms with Gasteiger partial charge in [-0.25, -0.2) is 14.8 Å². The number of methoxy groups -OCH3 is 2. The van der Waals surface area contributed by atoms with E-state index < -0.39 is 12.0 Å². The van der Waals surface area contributed by atoms with Crippen LogP contribution < -0.4 is 26.2 Å². The summed E-state index contributed by atoms with van der Waals surface area (Å²) in [4.78, 5) is 50.4. The Morgan fingerprint density at radius 2 is 1.73 bits per heavy atom. The number of benzene rings is 2. The molecule has 1 amide bonds. The molecule has 0 bridgehead atoms. The van der Waals surface area contributed by atoms with Gasteiger partial charge in [0, 0.05) is 72.3 Å². The lowest BCUT2D eigenvalue weighted by Gasteiger charge is -2.16. The van der Waals surface area contributed by atoms with Crippen LogP contribution in [0.2, 0.25) is 10.0 Å². The van der Waals surface area contributed by atoms with E-state index in [0.717, 1.165) is 34.2 Å². The van der Waals surface area contributed by atoms with Crippen molar-refractivity contribution in [3.63, 3.8) is 0 Å². The molecule has 5 aromatic rings. The van der Waals surface area contributed by atoms with Gasteiger partial charge in [-0.2, -0.15) is 0 Å². The maximum Gasteiger partial charge on any atom is 0.332 e. The number of carbonyl (C=O) groups excluding carboxylic acids is 2. The van der Waals surface area contributed by atoms with Crippen molar-refractivity contribution in [2.24, 2.45) is 4.99 Å². The molecule has 2 aliphatic heterocycles. The molecule has 14 heteroatoms. The minimum Gasteiger partial charge on any atom is -0.481 e. The number of hydrogen-bond donors (Lipinski definition) is 3. The summed E-state index contributed by atoms with van der Waals surface area (Å²) in [6.07, 6.45) is 4.46. The largest absolute Gasteiger partial charge is 0.481 e. The van der Waals surface area contributed by atoms with Gasteiger partial charge in [0.15, 0.2) is 6.04 Å². The fraction of sp³-hybridized carbons (Fsp3) is 0.243. The van der Waals surface area contributed by atoms with Gasteiger partial charge in [-0.15, -0.1) is 0 Å². The van der Waals surface area contributed by atoms with E-state index in [0.29, 0.717) is 58.2 Å². The van der Waals surface area contributed by atoms with E-state index in [4.69, 9.17) is 37.7 Å². The number of halogens is 2. The number of ether oxygens (including phenoxy) is 2. The second kappa shape index (κ2) is 14.5. The van der Waals surface area contributed by atoms with Gasteiger partial charge < -0.3 is 25.4 Å². The number of esters is 1. The number of aromatic nitrogens is 3. The Morgan fingerprint density at radius 3 is 2.45 bits per heavy atom. The first kappa shape index (κ1) is 34.2. The average Bonchev–Trinajstić information content (AvgIpc) is 3.81. The summed E-state index contributed by atoms with van der Waals surface area (Å²) in [6, 6.07) is 18.2. The third kappa shape index (κ3) is 6.77. The van der Waals surface area contributed by atoms with Crippen LogP contribution in [0, 0.1) is 0 Å². The van der Waals surface area contributed by atoms with Crippen LogP contribution in [0.4, 0.5) is 0 Å². The van der Waals surface area contributed by atoms with Crippen LogP contribution in [-0.4, -0.2) is 71.5 Å². The van der Waals surface area contributed by atoms with Crippen LogP contribution in [0.25, 0.3) is 39.2 Å². The van der Waals surface area contributed by atoms with E-state index in [1.54, 1.807) is 25.4 Å². The predicted molar refractivity (Wildman–Crippen MR) is 195 cm³/mol. The lowest BCUT2D eigenvalue weighted by molar-refractivity contribution is -0.141. The van der Waals surface area contributed by atoms with Crippen molar-refractivity contribution in [1.29, 1.82) is 0 Å². The molecule has 0 unspecified atom stereocenters. The Morgan fingerprint density at radius 1 is 0.980 bits per heavy atom. The maximum absolute atomic E-state index is 13.4. The summed E-state index contributed by atoms with van der Waals surface area (Å²) < 4.78 is 11.8. The molecule has 5 heterocycles. The molecule has 0 saturated carbocycles. The highest BCUT2D eigenvalue weighted by atomic mass is 35.5. The van der Waals surface area contributed by atoms with Gasteiger partial charge in [0.2, 0.25) is 11.8 Å². The lowest BCUT2D eigenvalue weighted by Crippen LogP contribution is -2.35. The topological polar surface area (TPSA) is 148 Å². The van der Waals surface area contributed by atoms with E-state index >= 15 is 0 Å². The highest BCUT2D eigenvalue weighted by Gasteiger charge is 2.27. The van der Waals surface area contributed by atoms with Crippen molar-refractivity contribution in [3.05, 3.63) is 105 Å². The zero-order valence-electron chi connectivity index (χ0n) is 27.7. The van der Waals surface area contributed by atoms with E-state index in [1.165, 1.54) is 17.7 Å². The molecular formula is C37H33Cl2N7O5. The minimum atomic E-state index is -0.720. The number of amidine groups is 1. The van der Waals surface area contributed by atoms with Gasteiger partial charge in [0.05, 0.1) is 30.0 Å². The summed E-state index contributed by atoms with van der Waals surface area (Å²) in [5, 5.41) is 10.3. The molecule has 2 atom stereocenters. The average molecular weight is 727 g/mol. The van der Waals surface area contributed by atoms with Crippen molar-refractivity contribution < 1.29 is 19.1 Å². The third-order valence-electron chi connectivity index (χ3n) is 8.98. The van der Waals surface area contributed by atoms with Gasteiger partial charge in [-0.1, -0.05) is 65.7 Å². The fourth-order valence-electron chi connectivity index (χ4n) is 6.32. The number of pyridine rings is 2. The number of rotatable bonds is 10. The molecule has 0 spiro atoms. The van der Waals surface area contributed by atoms with Gasteiger partial charge in [0.25, 0.3) is 5.56 Å². The Kier molecular flexibility index (Phi) is 9.72. The van der Waals surface area contributed by atoms with Crippen molar-refractivity contribution in [2.45, 2.75) is 31.5 Å². The van der Waals surface area contributed by atoms with E-state index in [9.17, 15) is 14.4 Å². The van der Waals surface area contributed by atoms with Crippen molar-refractivity contribution in [2.75, 3.05) is 27.3 Å². The Bertz CT molecular complexity index is 2270. The quantitative estimate of drug-likeness (QED) is 0.175. The normalized spacial score (nSPS) is 16.9. The molecule has 12 nitrogen and oxygen atoms in total. The number of amides is 1. The third-order valence-corrected chi connectivity index (χ3v) is 9.80. The van der Waals surface area contributed by atoms with Gasteiger partial charge in [-0.05, 0) is 30.2 Å². The molecule has 0 radical (unpaired) electrons. The molecule has 1 fully saturated rings. The van der Waals surface area contributed by atoms with Crippen LogP contribution in [-0.2, 0) is 20.9 Å². The molecule has 2 aromatic carbocycles. The highest BCUT2D eigenvalue weighted by Crippen LogP contribution is 2.42. The Balaban J connectivity index is 1.15. The summed E-state index contributed by atoms with van der Waals surface area (Å²) in [5.41, 5.74) is 5.49. The van der Waals surface area contributed by atoms with Crippen molar-refractivity contribution >= 4 is 46.6 Å². The summed E-state index contributed by atoms with van der Waals surface area (Å²) >= 11 is 14.2. The van der Waals surface area contributed by atoms with Gasteiger partial charge in [-0.3, -0.25) is 19.0 Å². The lowest BCUT2D eigenvalue weighted by atomic mass is 9.97. The predicted octanol–water partition coefficient (Wildman–Crippen LogP) is 4.67. The molecule has 7 rings (SSSR count). The Labute approximate surface area is 302 Å². The molecule has 0 aliphatic carbocycles. The summed E-state index contributed by atoms with van der Waals surface area (Å²) in [5.74, 6) is 0.380. The molecule has 3 N–H and O–H groups in total. The van der Waals surface area contributed by atoms with Gasteiger partial charge in [0.1, 0.15) is 17.0 Å². The number of carbonyl (C=O) groups is 2. The first-order valence-corrected chi connectivity index (χ1v) is 17.0. The van der Waals surface area contributed by atoms with Gasteiger partial charge >= 0.3 is 5.97 Å². The van der Waals surface area contributed by atoms with Crippen LogP contribution in [0.3, 0.4) is 0 Å². The first-order chi connectivity index (χ1) is 24.7. The number of nitrogens with one attached hydrogen (secondary N) is 3. The summed E-state index contributed by atoms with van der Waals surface area (Å²) in [7, 11) is 2.88. The van der Waals surface area contributed by atoms with E-state index in [-0.39, 0.29) is 29.6 Å². The first-order valence-electron chi connectivity index (χ1n) is 16.3. The van der Waals surface area contributed by atoms with Crippen LogP contribution in [0.1, 0.15) is 24.0 Å². The number of fused-ring (bicyclic) bond motifs is 1. The van der Waals surface area contributed by atoms with Crippen molar-refractivity contribution in [1.82, 2.24) is 30.3 Å². The highest BCUT2D eigenvalue weighted by molar-refractivity contribution is 6.39. The SMILES string of the molecule is COC(=O)[C@H]1CNC(c2cnc3cc(-c4cccc(-c5cccc(-c6ccc(CNC[C@@H]7CCC(=O)N7)c(OC)n6)c5Cl)c4Cl)ccn3c2=O)=N1. The minimum absolute atomic E-state index is 0.0861.